The van der Waals surface area contributed by atoms with Gasteiger partial charge in [-0.05, 0) is 24.6 Å². The number of nitrogens with zero attached hydrogens (tertiary/aromatic N) is 1. The minimum absolute atomic E-state index is 0.0325. The monoisotopic (exact) mass is 315 g/mol. The maximum atomic E-state index is 13.8. The maximum Gasteiger partial charge on any atom is 0.243 e. The van der Waals surface area contributed by atoms with Crippen LogP contribution in [0.1, 0.15) is 16.3 Å². The van der Waals surface area contributed by atoms with Crippen LogP contribution in [0.15, 0.2) is 28.5 Å². The summed E-state index contributed by atoms with van der Waals surface area (Å²) in [7, 11) is -3.91. The molecule has 0 aliphatic carbocycles. The van der Waals surface area contributed by atoms with Gasteiger partial charge in [0.25, 0.3) is 0 Å². The number of aryl methyl sites for hydroxylation is 1. The fraction of sp³-hybridized carbons (Fsp3) is 0.250. The molecule has 5 nitrogen and oxygen atoms in total. The minimum Gasteiger partial charge on any atom is -0.326 e. The SMILES string of the molecule is Cc1nc(CNS(=O)(=O)c2ccc(CN)cc2F)cs1. The van der Waals surface area contributed by atoms with Crippen molar-refractivity contribution in [3.05, 3.63) is 45.7 Å². The molecule has 0 spiro atoms. The van der Waals surface area contributed by atoms with Crippen molar-refractivity contribution in [3.8, 4) is 0 Å². The van der Waals surface area contributed by atoms with Crippen LogP contribution in [-0.4, -0.2) is 13.4 Å². The molecule has 0 saturated carbocycles. The normalized spacial score (nSPS) is 11.8. The van der Waals surface area contributed by atoms with E-state index < -0.39 is 15.8 Å². The molecule has 0 amide bonds. The largest absolute Gasteiger partial charge is 0.326 e. The first kappa shape index (κ1) is 15.0. The number of aromatic nitrogens is 1. The Bertz CT molecular complexity index is 713. The molecule has 0 aliphatic heterocycles. The first-order valence-electron chi connectivity index (χ1n) is 5.81. The average Bonchev–Trinajstić information content (AvgIpc) is 2.82. The van der Waals surface area contributed by atoms with Crippen molar-refractivity contribution in [2.24, 2.45) is 5.73 Å². The van der Waals surface area contributed by atoms with Gasteiger partial charge in [-0.2, -0.15) is 0 Å². The summed E-state index contributed by atoms with van der Waals surface area (Å²) in [4.78, 5) is 3.75. The van der Waals surface area contributed by atoms with Crippen molar-refractivity contribution in [2.75, 3.05) is 0 Å². The Hall–Kier alpha value is -1.35. The standard InChI is InChI=1S/C12H14FN3O2S2/c1-8-16-10(7-19-8)6-15-20(17,18)12-3-2-9(5-14)4-11(12)13/h2-4,7,15H,5-6,14H2,1H3. The smallest absolute Gasteiger partial charge is 0.243 e. The van der Waals surface area contributed by atoms with Gasteiger partial charge in [0.2, 0.25) is 10.0 Å². The third-order valence-electron chi connectivity index (χ3n) is 2.63. The highest BCUT2D eigenvalue weighted by Gasteiger charge is 2.19. The summed E-state index contributed by atoms with van der Waals surface area (Å²) in [6.45, 7) is 2.02. The van der Waals surface area contributed by atoms with Gasteiger partial charge >= 0.3 is 0 Å². The summed E-state index contributed by atoms with van der Waals surface area (Å²) in [5.74, 6) is -0.810. The van der Waals surface area contributed by atoms with Crippen LogP contribution in [0.2, 0.25) is 0 Å². The van der Waals surface area contributed by atoms with Crippen molar-refractivity contribution in [1.29, 1.82) is 0 Å². The molecule has 8 heteroatoms. The van der Waals surface area contributed by atoms with E-state index in [0.29, 0.717) is 11.3 Å². The molecule has 0 unspecified atom stereocenters. The number of rotatable bonds is 5. The molecule has 108 valence electrons. The molecule has 3 N–H and O–H groups in total. The molecular formula is C12H14FN3O2S2. The van der Waals surface area contributed by atoms with Gasteiger partial charge in [-0.1, -0.05) is 6.07 Å². The lowest BCUT2D eigenvalue weighted by Gasteiger charge is -2.07. The zero-order valence-corrected chi connectivity index (χ0v) is 12.4. The van der Waals surface area contributed by atoms with Gasteiger partial charge in [-0.3, -0.25) is 0 Å². The summed E-state index contributed by atoms with van der Waals surface area (Å²) in [6, 6.07) is 3.83. The second-order valence-corrected chi connectivity index (χ2v) is 6.95. The number of sulfonamides is 1. The summed E-state index contributed by atoms with van der Waals surface area (Å²) in [6.07, 6.45) is 0. The van der Waals surface area contributed by atoms with Gasteiger partial charge < -0.3 is 5.73 Å². The summed E-state index contributed by atoms with van der Waals surface area (Å²) < 4.78 is 40.2. The van der Waals surface area contributed by atoms with Crippen molar-refractivity contribution >= 4 is 21.4 Å². The Morgan fingerprint density at radius 2 is 2.20 bits per heavy atom. The van der Waals surface area contributed by atoms with Crippen LogP contribution in [0.4, 0.5) is 4.39 Å². The number of nitrogens with one attached hydrogen (secondary N) is 1. The molecule has 0 aliphatic rings. The third kappa shape index (κ3) is 3.40. The van der Waals surface area contributed by atoms with E-state index in [0.717, 1.165) is 11.1 Å². The molecular weight excluding hydrogens is 301 g/mol. The predicted molar refractivity (Wildman–Crippen MR) is 75.2 cm³/mol. The molecule has 0 atom stereocenters. The van der Waals surface area contributed by atoms with E-state index in [1.165, 1.54) is 23.5 Å². The average molecular weight is 315 g/mol. The van der Waals surface area contributed by atoms with E-state index in [9.17, 15) is 12.8 Å². The lowest BCUT2D eigenvalue weighted by atomic mass is 10.2. The second kappa shape index (κ2) is 5.96. The Morgan fingerprint density at radius 3 is 2.75 bits per heavy atom. The van der Waals surface area contributed by atoms with E-state index in [1.807, 2.05) is 6.92 Å². The zero-order chi connectivity index (χ0) is 14.8. The van der Waals surface area contributed by atoms with Crippen LogP contribution < -0.4 is 10.5 Å². The summed E-state index contributed by atoms with van der Waals surface area (Å²) >= 11 is 1.42. The Morgan fingerprint density at radius 1 is 1.45 bits per heavy atom. The van der Waals surface area contributed by atoms with Crippen molar-refractivity contribution < 1.29 is 12.8 Å². The van der Waals surface area contributed by atoms with E-state index in [4.69, 9.17) is 5.73 Å². The number of hydrogen-bond donors (Lipinski definition) is 2. The first-order chi connectivity index (χ1) is 9.42. The van der Waals surface area contributed by atoms with Crippen molar-refractivity contribution in [1.82, 2.24) is 9.71 Å². The number of nitrogens with two attached hydrogens (primary N) is 1. The van der Waals surface area contributed by atoms with E-state index >= 15 is 0 Å². The van der Waals surface area contributed by atoms with Gasteiger partial charge in [0, 0.05) is 11.9 Å². The maximum absolute atomic E-state index is 13.8. The first-order valence-corrected chi connectivity index (χ1v) is 8.18. The molecule has 1 aromatic carbocycles. The number of benzene rings is 1. The third-order valence-corrected chi connectivity index (χ3v) is 4.89. The predicted octanol–water partition coefficient (Wildman–Crippen LogP) is 1.53. The van der Waals surface area contributed by atoms with E-state index in [-0.39, 0.29) is 18.0 Å². The molecule has 0 fully saturated rings. The second-order valence-electron chi connectivity index (χ2n) is 4.15. The van der Waals surface area contributed by atoms with Crippen LogP contribution in [0.25, 0.3) is 0 Å². The van der Waals surface area contributed by atoms with Gasteiger partial charge in [-0.15, -0.1) is 11.3 Å². The van der Waals surface area contributed by atoms with Crippen molar-refractivity contribution in [3.63, 3.8) is 0 Å². The van der Waals surface area contributed by atoms with Crippen LogP contribution in [0.5, 0.6) is 0 Å². The van der Waals surface area contributed by atoms with Gasteiger partial charge in [0.05, 0.1) is 17.2 Å². The highest BCUT2D eigenvalue weighted by atomic mass is 32.2. The summed E-state index contributed by atoms with van der Waals surface area (Å²) in [5, 5.41) is 2.60. The van der Waals surface area contributed by atoms with Crippen molar-refractivity contribution in [2.45, 2.75) is 24.9 Å². The van der Waals surface area contributed by atoms with Gasteiger partial charge in [-0.25, -0.2) is 22.5 Å². The van der Waals surface area contributed by atoms with Gasteiger partial charge in [0.15, 0.2) is 0 Å². The topological polar surface area (TPSA) is 85.1 Å². The fourth-order valence-corrected chi connectivity index (χ4v) is 3.29. The lowest BCUT2D eigenvalue weighted by molar-refractivity contribution is 0.555. The van der Waals surface area contributed by atoms with Crippen LogP contribution in [0.3, 0.4) is 0 Å². The van der Waals surface area contributed by atoms with Gasteiger partial charge in [0.1, 0.15) is 10.7 Å². The quantitative estimate of drug-likeness (QED) is 0.876. The highest BCUT2D eigenvalue weighted by molar-refractivity contribution is 7.89. The molecule has 0 saturated heterocycles. The molecule has 0 radical (unpaired) electrons. The van der Waals surface area contributed by atoms with E-state index in [1.54, 1.807) is 5.38 Å². The lowest BCUT2D eigenvalue weighted by Crippen LogP contribution is -2.24. The number of thiazole rings is 1. The van der Waals surface area contributed by atoms with Crippen LogP contribution in [-0.2, 0) is 23.1 Å². The molecule has 2 rings (SSSR count). The summed E-state index contributed by atoms with van der Waals surface area (Å²) in [5.41, 5.74) is 6.52. The fourth-order valence-electron chi connectivity index (χ4n) is 1.63. The molecule has 0 bridgehead atoms. The number of halogens is 1. The van der Waals surface area contributed by atoms with Crippen LogP contribution >= 0.6 is 11.3 Å². The Balaban J connectivity index is 2.18. The minimum atomic E-state index is -3.91. The molecule has 1 aromatic heterocycles. The Labute approximate surface area is 120 Å². The number of hydrogen-bond acceptors (Lipinski definition) is 5. The van der Waals surface area contributed by atoms with E-state index in [2.05, 4.69) is 9.71 Å². The highest BCUT2D eigenvalue weighted by Crippen LogP contribution is 2.16. The Kier molecular flexibility index (Phi) is 4.48. The van der Waals surface area contributed by atoms with Crippen LogP contribution in [0, 0.1) is 12.7 Å². The molecule has 20 heavy (non-hydrogen) atoms. The zero-order valence-electron chi connectivity index (χ0n) is 10.8. The molecule has 1 heterocycles. The molecule has 2 aromatic rings.